The van der Waals surface area contributed by atoms with Gasteiger partial charge in [-0.25, -0.2) is 0 Å². The van der Waals surface area contributed by atoms with Gasteiger partial charge >= 0.3 is 7.12 Å². The molecule has 7 heteroatoms. The summed E-state index contributed by atoms with van der Waals surface area (Å²) in [4.78, 5) is 0. The smallest absolute Gasteiger partial charge is 0.413 e. The Labute approximate surface area is 206 Å². The molecule has 0 radical (unpaired) electrons. The van der Waals surface area contributed by atoms with E-state index in [1.54, 1.807) is 0 Å². The van der Waals surface area contributed by atoms with E-state index in [0.29, 0.717) is 13.2 Å². The topological polar surface area (TPSA) is 36.9 Å². The van der Waals surface area contributed by atoms with Gasteiger partial charge in [-0.05, 0) is 80.5 Å². The maximum absolute atomic E-state index is 6.56. The molecule has 0 spiro atoms. The Hall–Kier alpha value is -0.441. The average molecular weight is 493 g/mol. The number of benzene rings is 1. The van der Waals surface area contributed by atoms with E-state index in [2.05, 4.69) is 114 Å². The summed E-state index contributed by atoms with van der Waals surface area (Å²) in [6, 6.07) is 6.60. The normalized spacial score (nSPS) is 19.3. The van der Waals surface area contributed by atoms with E-state index in [0.717, 1.165) is 16.6 Å². The van der Waals surface area contributed by atoms with Crippen molar-refractivity contribution in [1.82, 2.24) is 0 Å². The number of hydrogen-bond donors (Lipinski definition) is 0. The maximum Gasteiger partial charge on any atom is 0.494 e. The van der Waals surface area contributed by atoms with E-state index in [4.69, 9.17) is 18.2 Å². The third-order valence-electron chi connectivity index (χ3n) is 8.41. The Balaban J connectivity index is 2.36. The van der Waals surface area contributed by atoms with Crippen LogP contribution in [0.25, 0.3) is 0 Å². The molecule has 1 heterocycles. The van der Waals surface area contributed by atoms with Crippen molar-refractivity contribution in [3.8, 4) is 0 Å². The molecule has 0 atom stereocenters. The van der Waals surface area contributed by atoms with Crippen molar-refractivity contribution in [3.05, 3.63) is 29.3 Å². The molecule has 0 aromatic heterocycles. The zero-order chi connectivity index (χ0) is 25.7. The van der Waals surface area contributed by atoms with Crippen molar-refractivity contribution < 1.29 is 18.2 Å². The van der Waals surface area contributed by atoms with E-state index >= 15 is 0 Å². The monoisotopic (exact) mass is 492 g/mol. The minimum Gasteiger partial charge on any atom is -0.413 e. The molecule has 0 aliphatic carbocycles. The summed E-state index contributed by atoms with van der Waals surface area (Å²) in [5.74, 6) is 0. The third kappa shape index (κ3) is 6.62. The Morgan fingerprint density at radius 1 is 0.697 bits per heavy atom. The molecule has 2 rings (SSSR count). The Kier molecular flexibility index (Phi) is 8.04. The highest BCUT2D eigenvalue weighted by Gasteiger charge is 2.52. The molecule has 0 saturated carbocycles. The fourth-order valence-corrected chi connectivity index (χ4v) is 4.95. The molecule has 0 N–H and O–H groups in total. The molecule has 1 saturated heterocycles. The van der Waals surface area contributed by atoms with E-state index in [9.17, 15) is 0 Å². The van der Waals surface area contributed by atoms with E-state index in [1.807, 2.05) is 0 Å². The molecule has 0 bridgehead atoms. The van der Waals surface area contributed by atoms with Crippen LogP contribution in [0, 0.1) is 0 Å². The molecule has 1 aromatic carbocycles. The second-order valence-electron chi connectivity index (χ2n) is 13.8. The van der Waals surface area contributed by atoms with Crippen molar-refractivity contribution in [2.45, 2.75) is 130 Å². The van der Waals surface area contributed by atoms with Crippen LogP contribution in [0.1, 0.15) is 80.4 Å². The van der Waals surface area contributed by atoms with Gasteiger partial charge in [0.1, 0.15) is 0 Å². The lowest BCUT2D eigenvalue weighted by molar-refractivity contribution is 0.00578. The first-order valence-corrected chi connectivity index (χ1v) is 18.2. The highest BCUT2D eigenvalue weighted by Crippen LogP contribution is 2.39. The summed E-state index contributed by atoms with van der Waals surface area (Å²) in [7, 11) is -4.11. The minimum absolute atomic E-state index is 0.171. The molecular weight excluding hydrogens is 443 g/mol. The third-order valence-corrected chi connectivity index (χ3v) is 17.4. The first-order chi connectivity index (χ1) is 14.6. The number of hydrogen-bond acceptors (Lipinski definition) is 4. The predicted octanol–water partition coefficient (Wildman–Crippen LogP) is 7.03. The minimum atomic E-state index is -1.86. The standard InChI is InChI=1S/C26H49BO4Si2/c1-23(2,3)32(11,12)28-18-20-15-21(19-29-33(13,14)24(4,5)6)17-22(16-20)27-30-25(7,8)26(9,10)31-27/h15-17H,18-19H2,1-14H3. The van der Waals surface area contributed by atoms with Gasteiger partial charge in [0.2, 0.25) is 0 Å². The molecule has 1 aromatic rings. The first-order valence-electron chi connectivity index (χ1n) is 12.3. The summed E-state index contributed by atoms with van der Waals surface area (Å²) in [6.45, 7) is 32.4. The van der Waals surface area contributed by atoms with Crippen LogP contribution < -0.4 is 5.46 Å². The zero-order valence-corrected chi connectivity index (χ0v) is 25.9. The van der Waals surface area contributed by atoms with Crippen LogP contribution in [0.5, 0.6) is 0 Å². The van der Waals surface area contributed by atoms with Gasteiger partial charge in [0, 0.05) is 0 Å². The predicted molar refractivity (Wildman–Crippen MR) is 146 cm³/mol. The van der Waals surface area contributed by atoms with Crippen LogP contribution in [0.2, 0.25) is 36.3 Å². The van der Waals surface area contributed by atoms with Gasteiger partial charge in [-0.2, -0.15) is 0 Å². The fourth-order valence-electron chi connectivity index (χ4n) is 3.03. The SMILES string of the molecule is CC1(C)OB(c2cc(CO[Si](C)(C)C(C)(C)C)cc(CO[Si](C)(C)C(C)(C)C)c2)OC1(C)C. The highest BCUT2D eigenvalue weighted by molar-refractivity contribution is 6.74. The summed E-state index contributed by atoms with van der Waals surface area (Å²) >= 11 is 0. The lowest BCUT2D eigenvalue weighted by Gasteiger charge is -2.36. The van der Waals surface area contributed by atoms with Crippen LogP contribution in [-0.2, 0) is 31.4 Å². The lowest BCUT2D eigenvalue weighted by atomic mass is 9.77. The molecule has 1 aliphatic rings. The van der Waals surface area contributed by atoms with E-state index < -0.39 is 23.8 Å². The molecule has 4 nitrogen and oxygen atoms in total. The summed E-state index contributed by atoms with van der Waals surface area (Å²) in [5.41, 5.74) is 2.60. The van der Waals surface area contributed by atoms with Gasteiger partial charge in [0.25, 0.3) is 0 Å². The van der Waals surface area contributed by atoms with E-state index in [1.165, 1.54) is 0 Å². The summed E-state index contributed by atoms with van der Waals surface area (Å²) < 4.78 is 25.9. The molecule has 1 aliphatic heterocycles. The van der Waals surface area contributed by atoms with Crippen LogP contribution >= 0.6 is 0 Å². The Morgan fingerprint density at radius 3 is 1.33 bits per heavy atom. The van der Waals surface area contributed by atoms with Crippen LogP contribution in [-0.4, -0.2) is 35.0 Å². The second-order valence-corrected chi connectivity index (χ2v) is 23.4. The van der Waals surface area contributed by atoms with Crippen molar-refractivity contribution in [2.24, 2.45) is 0 Å². The molecule has 33 heavy (non-hydrogen) atoms. The van der Waals surface area contributed by atoms with Gasteiger partial charge in [0.15, 0.2) is 16.6 Å². The van der Waals surface area contributed by atoms with Gasteiger partial charge in [-0.15, -0.1) is 0 Å². The molecule has 0 unspecified atom stereocenters. The maximum atomic E-state index is 6.56. The van der Waals surface area contributed by atoms with Gasteiger partial charge in [-0.3, -0.25) is 0 Å². The van der Waals surface area contributed by atoms with Crippen LogP contribution in [0.4, 0.5) is 0 Å². The fraction of sp³-hybridized carbons (Fsp3) is 0.769. The Morgan fingerprint density at radius 2 is 1.03 bits per heavy atom. The van der Waals surface area contributed by atoms with Crippen molar-refractivity contribution in [3.63, 3.8) is 0 Å². The molecular formula is C26H49BO4Si2. The summed E-state index contributed by atoms with van der Waals surface area (Å²) in [5, 5.41) is 0.342. The van der Waals surface area contributed by atoms with Crippen LogP contribution in [0.15, 0.2) is 18.2 Å². The van der Waals surface area contributed by atoms with Crippen LogP contribution in [0.3, 0.4) is 0 Å². The van der Waals surface area contributed by atoms with Crippen molar-refractivity contribution in [1.29, 1.82) is 0 Å². The highest BCUT2D eigenvalue weighted by atomic mass is 28.4. The lowest BCUT2D eigenvalue weighted by Crippen LogP contribution is -2.41. The largest absolute Gasteiger partial charge is 0.494 e. The van der Waals surface area contributed by atoms with Gasteiger partial charge in [0.05, 0.1) is 24.4 Å². The zero-order valence-electron chi connectivity index (χ0n) is 23.9. The quantitative estimate of drug-likeness (QED) is 0.383. The van der Waals surface area contributed by atoms with Crippen molar-refractivity contribution >= 4 is 29.2 Å². The van der Waals surface area contributed by atoms with Gasteiger partial charge < -0.3 is 18.2 Å². The van der Waals surface area contributed by atoms with Gasteiger partial charge in [-0.1, -0.05) is 59.7 Å². The first kappa shape index (κ1) is 28.8. The molecule has 1 fully saturated rings. The average Bonchev–Trinajstić information content (AvgIpc) is 2.84. The molecule has 188 valence electrons. The summed E-state index contributed by atoms with van der Waals surface area (Å²) in [6.07, 6.45) is 0. The van der Waals surface area contributed by atoms with Crippen molar-refractivity contribution in [2.75, 3.05) is 0 Å². The second kappa shape index (κ2) is 9.21. The van der Waals surface area contributed by atoms with E-state index in [-0.39, 0.29) is 21.3 Å². The Bertz CT molecular complexity index is 771. The number of rotatable bonds is 7. The molecule has 0 amide bonds.